The molecule has 56 heavy (non-hydrogen) atoms. The monoisotopic (exact) mass is 718 g/mol. The van der Waals surface area contributed by atoms with Gasteiger partial charge in [0.05, 0.1) is 39.2 Å². The van der Waals surface area contributed by atoms with Crippen molar-refractivity contribution in [3.8, 4) is 56.4 Å². The highest BCUT2D eigenvalue weighted by Gasteiger charge is 2.41. The molecule has 10 rings (SSSR count). The fourth-order valence-corrected chi connectivity index (χ4v) is 8.05. The number of para-hydroxylation sites is 1. The number of pyridine rings is 1. The molecule has 0 spiro atoms. The van der Waals surface area contributed by atoms with E-state index in [0.717, 1.165) is 60.8 Å². The molecular formula is C50H30N4O2. The molecular weight excluding hydrogens is 689 g/mol. The standard InChI is InChI=1S/C50H30N4O2/c51-31-37-20-12-23-43(52-37)35-26-27-45-42(28-35)38-21-10-11-24-44(38)53(45)46-25-13-22-39-47(46)50(56)54(49(39)55)48-40(33-16-6-2-7-17-33)29-36(32-14-4-1-5-15-32)30-41(48)34-18-8-3-9-19-34/h1-30H. The van der Waals surface area contributed by atoms with Gasteiger partial charge in [0.2, 0.25) is 0 Å². The van der Waals surface area contributed by atoms with Gasteiger partial charge >= 0.3 is 0 Å². The number of hydrogen-bond donors (Lipinski definition) is 0. The Hall–Kier alpha value is -7.88. The number of nitrogens with zero attached hydrogens (tertiary/aromatic N) is 4. The minimum atomic E-state index is -0.387. The predicted octanol–water partition coefficient (Wildman–Crippen LogP) is 11.5. The van der Waals surface area contributed by atoms with E-state index < -0.39 is 0 Å². The summed E-state index contributed by atoms with van der Waals surface area (Å²) in [5, 5.41) is 11.4. The van der Waals surface area contributed by atoms with Crippen molar-refractivity contribution >= 4 is 39.3 Å². The number of hydrogen-bond acceptors (Lipinski definition) is 4. The third kappa shape index (κ3) is 5.22. The van der Waals surface area contributed by atoms with Gasteiger partial charge in [0.25, 0.3) is 11.8 Å². The van der Waals surface area contributed by atoms with E-state index in [1.165, 1.54) is 4.90 Å². The number of imide groups is 1. The minimum absolute atomic E-state index is 0.345. The molecule has 6 nitrogen and oxygen atoms in total. The molecule has 0 N–H and O–H groups in total. The molecule has 262 valence electrons. The van der Waals surface area contributed by atoms with Crippen molar-refractivity contribution in [1.82, 2.24) is 9.55 Å². The van der Waals surface area contributed by atoms with Crippen LogP contribution in [0.4, 0.5) is 5.69 Å². The second kappa shape index (κ2) is 13.2. The largest absolute Gasteiger partial charge is 0.308 e. The summed E-state index contributed by atoms with van der Waals surface area (Å²) in [6.07, 6.45) is 0. The zero-order chi connectivity index (χ0) is 37.8. The first-order valence-corrected chi connectivity index (χ1v) is 18.4. The Morgan fingerprint density at radius 3 is 1.75 bits per heavy atom. The second-order valence-corrected chi connectivity index (χ2v) is 13.8. The highest BCUT2D eigenvalue weighted by Crippen LogP contribution is 2.47. The second-order valence-electron chi connectivity index (χ2n) is 13.8. The van der Waals surface area contributed by atoms with Crippen molar-refractivity contribution in [2.75, 3.05) is 4.90 Å². The molecule has 0 radical (unpaired) electrons. The van der Waals surface area contributed by atoms with E-state index in [4.69, 9.17) is 0 Å². The van der Waals surface area contributed by atoms with Crippen LogP contribution in [0.5, 0.6) is 0 Å². The quantitative estimate of drug-likeness (QED) is 0.160. The van der Waals surface area contributed by atoms with Crippen molar-refractivity contribution in [2.24, 2.45) is 0 Å². The first-order chi connectivity index (χ1) is 27.6. The fourth-order valence-electron chi connectivity index (χ4n) is 8.05. The Morgan fingerprint density at radius 1 is 0.464 bits per heavy atom. The predicted molar refractivity (Wildman–Crippen MR) is 223 cm³/mol. The van der Waals surface area contributed by atoms with Gasteiger partial charge in [-0.2, -0.15) is 5.26 Å². The molecule has 3 heterocycles. The van der Waals surface area contributed by atoms with Gasteiger partial charge < -0.3 is 4.57 Å². The Balaban J connectivity index is 1.20. The van der Waals surface area contributed by atoms with Crippen LogP contribution in [0.1, 0.15) is 26.4 Å². The summed E-state index contributed by atoms with van der Waals surface area (Å²) in [6.45, 7) is 0. The van der Waals surface area contributed by atoms with Gasteiger partial charge in [-0.25, -0.2) is 9.88 Å². The third-order valence-corrected chi connectivity index (χ3v) is 10.6. The lowest BCUT2D eigenvalue weighted by atomic mass is 9.90. The summed E-state index contributed by atoms with van der Waals surface area (Å²) in [6, 6.07) is 61.4. The normalized spacial score (nSPS) is 12.3. The van der Waals surface area contributed by atoms with Gasteiger partial charge in [-0.15, -0.1) is 0 Å². The SMILES string of the molecule is N#Cc1cccc(-c2ccc3c(c2)c2ccccc2n3-c2cccc3c2C(=O)N(c2c(-c4ccccc4)cc(-c4ccccc4)cc2-c2ccccc2)C3=O)n1. The molecule has 0 saturated carbocycles. The summed E-state index contributed by atoms with van der Waals surface area (Å²) < 4.78 is 2.08. The van der Waals surface area contributed by atoms with Gasteiger partial charge in [-0.3, -0.25) is 9.59 Å². The molecule has 6 heteroatoms. The van der Waals surface area contributed by atoms with Gasteiger partial charge in [0.1, 0.15) is 11.8 Å². The van der Waals surface area contributed by atoms with E-state index in [2.05, 4.69) is 52.0 Å². The van der Waals surface area contributed by atoms with E-state index >= 15 is 4.79 Å². The molecule has 0 atom stereocenters. The lowest BCUT2D eigenvalue weighted by Gasteiger charge is -2.24. The van der Waals surface area contributed by atoms with Crippen LogP contribution in [0, 0.1) is 11.3 Å². The van der Waals surface area contributed by atoms with Crippen molar-refractivity contribution in [1.29, 1.82) is 5.26 Å². The summed E-state index contributed by atoms with van der Waals surface area (Å²) in [4.78, 5) is 36.1. The highest BCUT2D eigenvalue weighted by atomic mass is 16.2. The number of rotatable bonds is 6. The summed E-state index contributed by atoms with van der Waals surface area (Å²) in [7, 11) is 0. The van der Waals surface area contributed by atoms with Crippen LogP contribution < -0.4 is 4.90 Å². The third-order valence-electron chi connectivity index (χ3n) is 10.6. The number of benzene rings is 7. The maximum Gasteiger partial charge on any atom is 0.268 e. The van der Waals surface area contributed by atoms with Crippen LogP contribution in [0.15, 0.2) is 182 Å². The lowest BCUT2D eigenvalue weighted by molar-refractivity contribution is 0.0926. The topological polar surface area (TPSA) is 79.0 Å². The van der Waals surface area contributed by atoms with Crippen LogP contribution in [-0.2, 0) is 0 Å². The van der Waals surface area contributed by atoms with Crippen LogP contribution >= 0.6 is 0 Å². The molecule has 0 unspecified atom stereocenters. The van der Waals surface area contributed by atoms with Crippen LogP contribution in [0.2, 0.25) is 0 Å². The molecule has 9 aromatic rings. The number of carbonyl (C=O) groups is 2. The van der Waals surface area contributed by atoms with Gasteiger partial charge in [-0.05, 0) is 76.9 Å². The number of amides is 2. The summed E-state index contributed by atoms with van der Waals surface area (Å²) >= 11 is 0. The summed E-state index contributed by atoms with van der Waals surface area (Å²) in [5.74, 6) is -0.761. The summed E-state index contributed by atoms with van der Waals surface area (Å²) in [5.41, 5.74) is 10.9. The van der Waals surface area contributed by atoms with Gasteiger partial charge in [-0.1, -0.05) is 127 Å². The average Bonchev–Trinajstić information content (AvgIpc) is 3.73. The maximum atomic E-state index is 15.3. The van der Waals surface area contributed by atoms with E-state index in [9.17, 15) is 10.1 Å². The van der Waals surface area contributed by atoms with E-state index in [0.29, 0.717) is 33.9 Å². The van der Waals surface area contributed by atoms with Crippen LogP contribution in [0.25, 0.3) is 72.1 Å². The molecule has 0 fully saturated rings. The first kappa shape index (κ1) is 32.7. The molecule has 1 aliphatic heterocycles. The van der Waals surface area contributed by atoms with Crippen molar-refractivity contribution in [2.45, 2.75) is 0 Å². The first-order valence-electron chi connectivity index (χ1n) is 18.4. The zero-order valence-corrected chi connectivity index (χ0v) is 29.9. The van der Waals surface area contributed by atoms with Gasteiger partial charge in [0.15, 0.2) is 0 Å². The fraction of sp³-hybridized carbons (Fsp3) is 0. The molecule has 0 aliphatic carbocycles. The molecule has 7 aromatic carbocycles. The van der Waals surface area contributed by atoms with Crippen LogP contribution in [0.3, 0.4) is 0 Å². The van der Waals surface area contributed by atoms with Crippen molar-refractivity contribution in [3.63, 3.8) is 0 Å². The highest BCUT2D eigenvalue weighted by molar-refractivity contribution is 6.37. The van der Waals surface area contributed by atoms with Gasteiger partial charge in [0, 0.05) is 27.5 Å². The molecule has 0 bridgehead atoms. The van der Waals surface area contributed by atoms with Crippen LogP contribution in [-0.4, -0.2) is 21.4 Å². The minimum Gasteiger partial charge on any atom is -0.308 e. The van der Waals surface area contributed by atoms with Crippen molar-refractivity contribution in [3.05, 3.63) is 199 Å². The Labute approximate surface area is 322 Å². The average molecular weight is 719 g/mol. The molecule has 1 aliphatic rings. The van der Waals surface area contributed by atoms with E-state index in [1.807, 2.05) is 133 Å². The Bertz CT molecular complexity index is 3010. The lowest BCUT2D eigenvalue weighted by Crippen LogP contribution is -2.30. The smallest absolute Gasteiger partial charge is 0.268 e. The Kier molecular flexibility index (Phi) is 7.72. The van der Waals surface area contributed by atoms with Crippen molar-refractivity contribution < 1.29 is 9.59 Å². The molecule has 2 aromatic heterocycles. The number of fused-ring (bicyclic) bond motifs is 4. The molecule has 0 saturated heterocycles. The molecule has 2 amide bonds. The zero-order valence-electron chi connectivity index (χ0n) is 29.9. The Morgan fingerprint density at radius 2 is 1.07 bits per heavy atom. The van der Waals surface area contributed by atoms with E-state index in [-0.39, 0.29) is 11.8 Å². The number of anilines is 1. The van der Waals surface area contributed by atoms with E-state index in [1.54, 1.807) is 12.1 Å². The number of nitriles is 1. The maximum absolute atomic E-state index is 15.3. The number of aromatic nitrogens is 2. The number of carbonyl (C=O) groups excluding carboxylic acids is 2.